The molecule has 2 unspecified atom stereocenters. The van der Waals surface area contributed by atoms with E-state index < -0.39 is 0 Å². The molecule has 5 nitrogen and oxygen atoms in total. The number of anilines is 2. The molecule has 1 fully saturated rings. The third kappa shape index (κ3) is 2.81. The molecule has 1 saturated heterocycles. The maximum atomic E-state index is 5.98. The summed E-state index contributed by atoms with van der Waals surface area (Å²) in [7, 11) is 0. The van der Waals surface area contributed by atoms with Crippen molar-refractivity contribution in [3.63, 3.8) is 0 Å². The van der Waals surface area contributed by atoms with E-state index in [1.807, 2.05) is 6.92 Å². The van der Waals surface area contributed by atoms with Crippen molar-refractivity contribution < 1.29 is 4.74 Å². The van der Waals surface area contributed by atoms with Gasteiger partial charge >= 0.3 is 0 Å². The van der Waals surface area contributed by atoms with Gasteiger partial charge in [-0.05, 0) is 33.6 Å². The Bertz CT molecular complexity index is 463. The normalized spacial score (nSPS) is 26.6. The van der Waals surface area contributed by atoms with E-state index in [1.54, 1.807) is 0 Å². The zero-order valence-corrected chi connectivity index (χ0v) is 12.3. The molecule has 0 saturated carbocycles. The molecule has 1 aromatic rings. The topological polar surface area (TPSA) is 73.1 Å². The summed E-state index contributed by atoms with van der Waals surface area (Å²) < 4.78 is 5.65. The standard InChI is InChI=1S/C14H24N4O/c1-5-6-11-16-12(15)9(2)13(17-11)18-14(4)7-8-19-10(14)3/h10H,5-8H2,1-4H3,(H3,15,16,17,18). The summed E-state index contributed by atoms with van der Waals surface area (Å²) in [6.07, 6.45) is 3.00. The lowest BCUT2D eigenvalue weighted by molar-refractivity contribution is 0.105. The van der Waals surface area contributed by atoms with Crippen LogP contribution in [0.25, 0.3) is 0 Å². The third-order valence-corrected chi connectivity index (χ3v) is 3.99. The molecule has 0 radical (unpaired) electrons. The molecule has 0 spiro atoms. The van der Waals surface area contributed by atoms with Crippen LogP contribution in [-0.4, -0.2) is 28.2 Å². The van der Waals surface area contributed by atoms with Crippen molar-refractivity contribution in [3.8, 4) is 0 Å². The van der Waals surface area contributed by atoms with Gasteiger partial charge in [0, 0.05) is 18.6 Å². The first kappa shape index (κ1) is 14.1. The predicted molar refractivity (Wildman–Crippen MR) is 77.2 cm³/mol. The van der Waals surface area contributed by atoms with Crippen molar-refractivity contribution in [3.05, 3.63) is 11.4 Å². The molecule has 1 aliphatic rings. The Hall–Kier alpha value is -1.36. The minimum Gasteiger partial charge on any atom is -0.383 e. The van der Waals surface area contributed by atoms with Crippen LogP contribution in [0.2, 0.25) is 0 Å². The lowest BCUT2D eigenvalue weighted by atomic mass is 9.94. The average Bonchev–Trinajstić information content (AvgIpc) is 2.66. The number of aromatic nitrogens is 2. The highest BCUT2D eigenvalue weighted by atomic mass is 16.5. The number of nitrogens with zero attached hydrogens (tertiary/aromatic N) is 2. The second-order valence-electron chi connectivity index (χ2n) is 5.55. The first-order valence-corrected chi connectivity index (χ1v) is 6.99. The van der Waals surface area contributed by atoms with Crippen LogP contribution in [-0.2, 0) is 11.2 Å². The van der Waals surface area contributed by atoms with Crippen LogP contribution in [0.4, 0.5) is 11.6 Å². The quantitative estimate of drug-likeness (QED) is 0.873. The number of rotatable bonds is 4. The van der Waals surface area contributed by atoms with Gasteiger partial charge in [-0.1, -0.05) is 6.92 Å². The summed E-state index contributed by atoms with van der Waals surface area (Å²) in [5.41, 5.74) is 6.81. The zero-order chi connectivity index (χ0) is 14.0. The van der Waals surface area contributed by atoms with E-state index in [2.05, 4.69) is 36.1 Å². The molecule has 3 N–H and O–H groups in total. The van der Waals surface area contributed by atoms with Gasteiger partial charge in [-0.3, -0.25) is 0 Å². The van der Waals surface area contributed by atoms with Crippen molar-refractivity contribution in [1.82, 2.24) is 9.97 Å². The molecule has 0 bridgehead atoms. The number of hydrogen-bond acceptors (Lipinski definition) is 5. The third-order valence-electron chi connectivity index (χ3n) is 3.99. The second kappa shape index (κ2) is 5.33. The summed E-state index contributed by atoms with van der Waals surface area (Å²) in [6, 6.07) is 0. The molecule has 106 valence electrons. The van der Waals surface area contributed by atoms with Gasteiger partial charge in [-0.15, -0.1) is 0 Å². The van der Waals surface area contributed by atoms with E-state index in [1.165, 1.54) is 0 Å². The number of aryl methyl sites for hydroxylation is 1. The molecule has 2 atom stereocenters. The maximum absolute atomic E-state index is 5.98. The van der Waals surface area contributed by atoms with Gasteiger partial charge in [0.25, 0.3) is 0 Å². The SMILES string of the molecule is CCCc1nc(N)c(C)c(NC2(C)CCOC2C)n1. The van der Waals surface area contributed by atoms with Crippen molar-refractivity contribution in [1.29, 1.82) is 0 Å². The van der Waals surface area contributed by atoms with Crippen LogP contribution in [0.5, 0.6) is 0 Å². The van der Waals surface area contributed by atoms with Crippen molar-refractivity contribution in [2.45, 2.75) is 58.6 Å². The molecule has 0 amide bonds. The van der Waals surface area contributed by atoms with Gasteiger partial charge in [0.1, 0.15) is 17.5 Å². The maximum Gasteiger partial charge on any atom is 0.135 e. The van der Waals surface area contributed by atoms with Gasteiger partial charge in [0.2, 0.25) is 0 Å². The van der Waals surface area contributed by atoms with E-state index in [0.717, 1.165) is 43.1 Å². The lowest BCUT2D eigenvalue weighted by Crippen LogP contribution is -2.41. The molecule has 5 heteroatoms. The van der Waals surface area contributed by atoms with Crippen molar-refractivity contribution in [2.75, 3.05) is 17.7 Å². The molecule has 19 heavy (non-hydrogen) atoms. The average molecular weight is 264 g/mol. The van der Waals surface area contributed by atoms with Gasteiger partial charge in [0.15, 0.2) is 0 Å². The van der Waals surface area contributed by atoms with Crippen LogP contribution in [0, 0.1) is 6.92 Å². The molecule has 0 aliphatic carbocycles. The molecule has 2 rings (SSSR count). The summed E-state index contributed by atoms with van der Waals surface area (Å²) in [6.45, 7) is 9.11. The Morgan fingerprint density at radius 1 is 1.47 bits per heavy atom. The molecule has 2 heterocycles. The van der Waals surface area contributed by atoms with Crippen molar-refractivity contribution in [2.24, 2.45) is 0 Å². The highest BCUT2D eigenvalue weighted by Crippen LogP contribution is 2.31. The molecular weight excluding hydrogens is 240 g/mol. The summed E-state index contributed by atoms with van der Waals surface area (Å²) in [5, 5.41) is 3.52. The molecule has 0 aromatic carbocycles. The van der Waals surface area contributed by atoms with E-state index in [4.69, 9.17) is 10.5 Å². The molecular formula is C14H24N4O. The highest BCUT2D eigenvalue weighted by Gasteiger charge is 2.37. The fourth-order valence-corrected chi connectivity index (χ4v) is 2.31. The van der Waals surface area contributed by atoms with Gasteiger partial charge in [-0.25, -0.2) is 9.97 Å². The Morgan fingerprint density at radius 2 is 2.21 bits per heavy atom. The lowest BCUT2D eigenvalue weighted by Gasteiger charge is -2.30. The fraction of sp³-hybridized carbons (Fsp3) is 0.714. The van der Waals surface area contributed by atoms with Crippen molar-refractivity contribution >= 4 is 11.6 Å². The number of nitrogens with one attached hydrogen (secondary N) is 1. The van der Waals surface area contributed by atoms with E-state index in [-0.39, 0.29) is 11.6 Å². The Kier molecular flexibility index (Phi) is 3.94. The van der Waals surface area contributed by atoms with Crippen LogP contribution in [0.3, 0.4) is 0 Å². The monoisotopic (exact) mass is 264 g/mol. The summed E-state index contributed by atoms with van der Waals surface area (Å²) in [5.74, 6) is 2.22. The molecule has 1 aliphatic heterocycles. The first-order valence-electron chi connectivity index (χ1n) is 6.99. The Labute approximate surface area is 115 Å². The van der Waals surface area contributed by atoms with E-state index >= 15 is 0 Å². The predicted octanol–water partition coefficient (Wildman–Crippen LogP) is 2.30. The first-order chi connectivity index (χ1) is 8.96. The van der Waals surface area contributed by atoms with Crippen LogP contribution < -0.4 is 11.1 Å². The number of nitrogen functional groups attached to an aromatic ring is 1. The van der Waals surface area contributed by atoms with Crippen LogP contribution in [0.15, 0.2) is 0 Å². The number of hydrogen-bond donors (Lipinski definition) is 2. The fourth-order valence-electron chi connectivity index (χ4n) is 2.31. The number of nitrogens with two attached hydrogens (primary N) is 1. The van der Waals surface area contributed by atoms with Gasteiger partial charge < -0.3 is 15.8 Å². The minimum absolute atomic E-state index is 0.0883. The van der Waals surface area contributed by atoms with E-state index in [0.29, 0.717) is 5.82 Å². The van der Waals surface area contributed by atoms with Crippen LogP contribution in [0.1, 0.15) is 45.0 Å². The molecule has 1 aromatic heterocycles. The van der Waals surface area contributed by atoms with Crippen LogP contribution >= 0.6 is 0 Å². The minimum atomic E-state index is -0.0883. The smallest absolute Gasteiger partial charge is 0.135 e. The van der Waals surface area contributed by atoms with Gasteiger partial charge in [-0.2, -0.15) is 0 Å². The zero-order valence-electron chi connectivity index (χ0n) is 12.3. The Balaban J connectivity index is 2.28. The summed E-state index contributed by atoms with van der Waals surface area (Å²) in [4.78, 5) is 8.94. The number of ether oxygens (including phenoxy) is 1. The van der Waals surface area contributed by atoms with Gasteiger partial charge in [0.05, 0.1) is 11.6 Å². The summed E-state index contributed by atoms with van der Waals surface area (Å²) >= 11 is 0. The second-order valence-corrected chi connectivity index (χ2v) is 5.55. The Morgan fingerprint density at radius 3 is 2.79 bits per heavy atom. The largest absolute Gasteiger partial charge is 0.383 e. The van der Waals surface area contributed by atoms with E-state index in [9.17, 15) is 0 Å². The highest BCUT2D eigenvalue weighted by molar-refractivity contribution is 5.56.